The van der Waals surface area contributed by atoms with Gasteiger partial charge in [0.15, 0.2) is 0 Å². The monoisotopic (exact) mass is 258 g/mol. The molecule has 0 unspecified atom stereocenters. The number of hydrogen-bond donors (Lipinski definition) is 1. The average Bonchev–Trinajstić information content (AvgIpc) is 2.47. The fraction of sp³-hybridized carbons (Fsp3) is 0.357. The maximum atomic E-state index is 5.21. The first-order valence-electron chi connectivity index (χ1n) is 6.24. The van der Waals surface area contributed by atoms with Gasteiger partial charge in [-0.05, 0) is 13.0 Å². The van der Waals surface area contributed by atoms with E-state index in [1.807, 2.05) is 27.0 Å². The van der Waals surface area contributed by atoms with Crippen LogP contribution in [0.4, 0.5) is 5.82 Å². The molecule has 2 aromatic heterocycles. The van der Waals surface area contributed by atoms with Crippen LogP contribution < -0.4 is 10.1 Å². The Balaban J connectivity index is 2.59. The summed E-state index contributed by atoms with van der Waals surface area (Å²) in [7, 11) is 3.49. The second-order valence-electron chi connectivity index (χ2n) is 4.18. The van der Waals surface area contributed by atoms with Gasteiger partial charge in [0.2, 0.25) is 0 Å². The van der Waals surface area contributed by atoms with Crippen molar-refractivity contribution < 1.29 is 4.74 Å². The summed E-state index contributed by atoms with van der Waals surface area (Å²) in [5.41, 5.74) is 2.84. The van der Waals surface area contributed by atoms with Gasteiger partial charge in [-0.3, -0.25) is 4.98 Å². The zero-order valence-corrected chi connectivity index (χ0v) is 11.7. The van der Waals surface area contributed by atoms with E-state index in [-0.39, 0.29) is 0 Å². The van der Waals surface area contributed by atoms with Crippen molar-refractivity contribution in [2.75, 3.05) is 19.5 Å². The lowest BCUT2D eigenvalue weighted by Gasteiger charge is -2.12. The van der Waals surface area contributed by atoms with Crippen molar-refractivity contribution >= 4 is 5.82 Å². The first-order chi connectivity index (χ1) is 9.19. The molecule has 1 N–H and O–H groups in total. The van der Waals surface area contributed by atoms with Crippen molar-refractivity contribution in [3.05, 3.63) is 29.8 Å². The molecule has 2 rings (SSSR count). The highest BCUT2D eigenvalue weighted by atomic mass is 16.5. The Morgan fingerprint density at radius 3 is 2.68 bits per heavy atom. The highest BCUT2D eigenvalue weighted by molar-refractivity contribution is 5.68. The Bertz CT molecular complexity index is 584. The molecule has 0 bridgehead atoms. The third-order valence-corrected chi connectivity index (χ3v) is 2.97. The van der Waals surface area contributed by atoms with Gasteiger partial charge in [0, 0.05) is 30.8 Å². The predicted octanol–water partition coefficient (Wildman–Crippen LogP) is 2.46. The molecule has 0 aliphatic heterocycles. The van der Waals surface area contributed by atoms with Crippen LogP contribution in [-0.2, 0) is 6.42 Å². The molecule has 0 atom stereocenters. The summed E-state index contributed by atoms with van der Waals surface area (Å²) in [5.74, 6) is 2.39. The summed E-state index contributed by atoms with van der Waals surface area (Å²) in [6.07, 6.45) is 4.26. The topological polar surface area (TPSA) is 59.9 Å². The number of anilines is 1. The van der Waals surface area contributed by atoms with Gasteiger partial charge in [0.05, 0.1) is 19.0 Å². The van der Waals surface area contributed by atoms with Crippen LogP contribution in [0.5, 0.6) is 5.75 Å². The summed E-state index contributed by atoms with van der Waals surface area (Å²) in [6.45, 7) is 4.04. The van der Waals surface area contributed by atoms with Crippen LogP contribution in [-0.4, -0.2) is 29.1 Å². The van der Waals surface area contributed by atoms with Gasteiger partial charge in [0.1, 0.15) is 17.4 Å². The van der Waals surface area contributed by atoms with Crippen molar-refractivity contribution in [1.82, 2.24) is 15.0 Å². The third-order valence-electron chi connectivity index (χ3n) is 2.97. The number of nitrogens with one attached hydrogen (secondary N) is 1. The van der Waals surface area contributed by atoms with Gasteiger partial charge in [-0.15, -0.1) is 0 Å². The van der Waals surface area contributed by atoms with Crippen LogP contribution in [0.2, 0.25) is 0 Å². The van der Waals surface area contributed by atoms with Crippen molar-refractivity contribution in [2.45, 2.75) is 20.3 Å². The minimum Gasteiger partial charge on any atom is -0.495 e. The smallest absolute Gasteiger partial charge is 0.137 e. The van der Waals surface area contributed by atoms with Crippen LogP contribution in [0, 0.1) is 6.92 Å². The van der Waals surface area contributed by atoms with Gasteiger partial charge in [-0.25, -0.2) is 9.97 Å². The van der Waals surface area contributed by atoms with Gasteiger partial charge < -0.3 is 10.1 Å². The molecule has 0 fully saturated rings. The lowest BCUT2D eigenvalue weighted by molar-refractivity contribution is 0.413. The van der Waals surface area contributed by atoms with E-state index >= 15 is 0 Å². The Morgan fingerprint density at radius 2 is 2.05 bits per heavy atom. The predicted molar refractivity (Wildman–Crippen MR) is 75.5 cm³/mol. The molecular weight excluding hydrogens is 240 g/mol. The van der Waals surface area contributed by atoms with Gasteiger partial charge in [0.25, 0.3) is 0 Å². The lowest BCUT2D eigenvalue weighted by atomic mass is 10.1. The third kappa shape index (κ3) is 2.65. The van der Waals surface area contributed by atoms with Gasteiger partial charge >= 0.3 is 0 Å². The first kappa shape index (κ1) is 13.3. The maximum absolute atomic E-state index is 5.21. The van der Waals surface area contributed by atoms with E-state index < -0.39 is 0 Å². The molecule has 2 aromatic rings. The molecule has 0 amide bonds. The number of rotatable bonds is 4. The summed E-state index contributed by atoms with van der Waals surface area (Å²) in [4.78, 5) is 13.2. The molecule has 5 heteroatoms. The Kier molecular flexibility index (Phi) is 3.94. The van der Waals surface area contributed by atoms with Crippen molar-refractivity contribution in [1.29, 1.82) is 0 Å². The van der Waals surface area contributed by atoms with Crippen molar-refractivity contribution in [3.8, 4) is 17.0 Å². The van der Waals surface area contributed by atoms with Crippen LogP contribution in [0.3, 0.4) is 0 Å². The number of hydrogen-bond acceptors (Lipinski definition) is 5. The van der Waals surface area contributed by atoms with Crippen LogP contribution in [0.15, 0.2) is 18.5 Å². The van der Waals surface area contributed by atoms with E-state index in [0.717, 1.165) is 40.6 Å². The molecule has 0 aromatic carbocycles. The summed E-state index contributed by atoms with van der Waals surface area (Å²) < 4.78 is 5.21. The molecule has 19 heavy (non-hydrogen) atoms. The zero-order valence-electron chi connectivity index (χ0n) is 11.7. The fourth-order valence-corrected chi connectivity index (χ4v) is 1.91. The Labute approximate surface area is 113 Å². The maximum Gasteiger partial charge on any atom is 0.137 e. The van der Waals surface area contributed by atoms with Crippen LogP contribution in [0.1, 0.15) is 18.3 Å². The average molecular weight is 258 g/mol. The molecule has 2 heterocycles. The van der Waals surface area contributed by atoms with Gasteiger partial charge in [-0.2, -0.15) is 0 Å². The quantitative estimate of drug-likeness (QED) is 0.912. The van der Waals surface area contributed by atoms with Gasteiger partial charge in [-0.1, -0.05) is 6.92 Å². The largest absolute Gasteiger partial charge is 0.495 e. The highest BCUT2D eigenvalue weighted by Crippen LogP contribution is 2.27. The van der Waals surface area contributed by atoms with E-state index in [2.05, 4.69) is 20.3 Å². The van der Waals surface area contributed by atoms with E-state index in [0.29, 0.717) is 0 Å². The zero-order chi connectivity index (χ0) is 13.8. The number of aryl methyl sites for hydroxylation is 1. The van der Waals surface area contributed by atoms with Crippen molar-refractivity contribution in [2.24, 2.45) is 0 Å². The molecule has 0 saturated carbocycles. The second-order valence-corrected chi connectivity index (χ2v) is 4.18. The molecule has 0 saturated heterocycles. The molecule has 5 nitrogen and oxygen atoms in total. The minimum atomic E-state index is 0.722. The standard InChI is InChI=1S/C14H18N4O/c1-5-12-17-13(9(2)14(15-3)18-12)10-6-11(19-4)8-16-7-10/h6-8H,5H2,1-4H3,(H,15,17,18). The SMILES string of the molecule is CCc1nc(NC)c(C)c(-c2cncc(OC)c2)n1. The van der Waals surface area contributed by atoms with E-state index in [4.69, 9.17) is 4.74 Å². The number of aromatic nitrogens is 3. The summed E-state index contributed by atoms with van der Waals surface area (Å²) >= 11 is 0. The molecular formula is C14H18N4O. The van der Waals surface area contributed by atoms with E-state index in [1.54, 1.807) is 19.5 Å². The van der Waals surface area contributed by atoms with E-state index in [9.17, 15) is 0 Å². The number of ether oxygens (including phenoxy) is 1. The first-order valence-corrected chi connectivity index (χ1v) is 6.24. The van der Waals surface area contributed by atoms with Crippen LogP contribution in [0.25, 0.3) is 11.3 Å². The molecule has 0 aliphatic carbocycles. The van der Waals surface area contributed by atoms with Crippen molar-refractivity contribution in [3.63, 3.8) is 0 Å². The van der Waals surface area contributed by atoms with E-state index in [1.165, 1.54) is 0 Å². The highest BCUT2D eigenvalue weighted by Gasteiger charge is 2.12. The fourth-order valence-electron chi connectivity index (χ4n) is 1.91. The molecule has 0 spiro atoms. The molecule has 100 valence electrons. The Morgan fingerprint density at radius 1 is 1.26 bits per heavy atom. The molecule has 0 aliphatic rings. The molecule has 0 radical (unpaired) electrons. The lowest BCUT2D eigenvalue weighted by Crippen LogP contribution is -2.04. The van der Waals surface area contributed by atoms with Crippen LogP contribution >= 0.6 is 0 Å². The normalized spacial score (nSPS) is 10.3. The number of pyridine rings is 1. The number of methoxy groups -OCH3 is 1. The number of nitrogens with zero attached hydrogens (tertiary/aromatic N) is 3. The summed E-state index contributed by atoms with van der Waals surface area (Å²) in [5, 5.41) is 3.11. The second kappa shape index (κ2) is 5.65. The summed E-state index contributed by atoms with van der Waals surface area (Å²) in [6, 6.07) is 1.93. The minimum absolute atomic E-state index is 0.722. The Hall–Kier alpha value is -2.17.